The fourth-order valence-corrected chi connectivity index (χ4v) is 1.68. The summed E-state index contributed by atoms with van der Waals surface area (Å²) in [4.78, 5) is 3.75. The zero-order valence-electron chi connectivity index (χ0n) is 7.46. The Balaban J connectivity index is 2.24. The second kappa shape index (κ2) is 4.21. The second-order valence-electron chi connectivity index (χ2n) is 3.12. The summed E-state index contributed by atoms with van der Waals surface area (Å²) in [6.07, 6.45) is 1.11. The second-order valence-corrected chi connectivity index (χ2v) is 3.47. The monoisotopic (exact) mass is 216 g/mol. The number of aromatic nitrogens is 1. The number of morpholine rings is 1. The van der Waals surface area contributed by atoms with Gasteiger partial charge in [-0.05, 0) is 6.07 Å². The molecule has 0 saturated carbocycles. The largest absolute Gasteiger partial charge is 0.378 e. The lowest BCUT2D eigenvalue weighted by atomic mass is 10.1. The van der Waals surface area contributed by atoms with Gasteiger partial charge in [0, 0.05) is 12.1 Å². The molecule has 1 atom stereocenters. The van der Waals surface area contributed by atoms with Gasteiger partial charge < -0.3 is 10.1 Å². The molecular formula is C9H10ClFN2O. The predicted molar refractivity (Wildman–Crippen MR) is 50.8 cm³/mol. The molecule has 1 aliphatic rings. The molecule has 1 aromatic heterocycles. The molecule has 2 heterocycles. The van der Waals surface area contributed by atoms with Crippen molar-refractivity contribution in [2.75, 3.05) is 19.8 Å². The molecule has 1 aliphatic heterocycles. The molecule has 0 bridgehead atoms. The van der Waals surface area contributed by atoms with Gasteiger partial charge in [-0.3, -0.25) is 0 Å². The Labute approximate surface area is 86.2 Å². The Morgan fingerprint density at radius 3 is 3.21 bits per heavy atom. The summed E-state index contributed by atoms with van der Waals surface area (Å²) in [5.74, 6) is -0.378. The standard InChI is InChI=1S/C9H10ClFN2O/c10-9-7(3-6(11)4-13-9)8-5-14-2-1-12-8/h3-4,8,12H,1-2,5H2. The van der Waals surface area contributed by atoms with Crippen LogP contribution in [-0.2, 0) is 4.74 Å². The average Bonchev–Trinajstić information content (AvgIpc) is 2.23. The number of ether oxygens (including phenoxy) is 1. The van der Waals surface area contributed by atoms with E-state index in [4.69, 9.17) is 16.3 Å². The molecule has 0 spiro atoms. The highest BCUT2D eigenvalue weighted by Crippen LogP contribution is 2.23. The van der Waals surface area contributed by atoms with Crippen LogP contribution in [0.2, 0.25) is 5.15 Å². The summed E-state index contributed by atoms with van der Waals surface area (Å²) in [5.41, 5.74) is 0.659. The van der Waals surface area contributed by atoms with Gasteiger partial charge in [0.05, 0.1) is 25.5 Å². The van der Waals surface area contributed by atoms with E-state index in [0.29, 0.717) is 23.9 Å². The van der Waals surface area contributed by atoms with Crippen LogP contribution in [-0.4, -0.2) is 24.7 Å². The Bertz CT molecular complexity index is 329. The highest BCUT2D eigenvalue weighted by atomic mass is 35.5. The van der Waals surface area contributed by atoms with Gasteiger partial charge in [0.1, 0.15) is 11.0 Å². The van der Waals surface area contributed by atoms with E-state index in [1.165, 1.54) is 6.07 Å². The average molecular weight is 217 g/mol. The first-order chi connectivity index (χ1) is 6.77. The highest BCUT2D eigenvalue weighted by molar-refractivity contribution is 6.30. The summed E-state index contributed by atoms with van der Waals surface area (Å²) < 4.78 is 18.2. The van der Waals surface area contributed by atoms with Crippen molar-refractivity contribution in [3.05, 3.63) is 28.8 Å². The Kier molecular flexibility index (Phi) is 2.96. The molecule has 0 aliphatic carbocycles. The smallest absolute Gasteiger partial charge is 0.141 e. The molecule has 3 nitrogen and oxygen atoms in total. The van der Waals surface area contributed by atoms with E-state index in [2.05, 4.69) is 10.3 Å². The Morgan fingerprint density at radius 1 is 1.64 bits per heavy atom. The van der Waals surface area contributed by atoms with Crippen molar-refractivity contribution >= 4 is 11.6 Å². The van der Waals surface area contributed by atoms with Gasteiger partial charge in [-0.25, -0.2) is 9.37 Å². The number of nitrogens with zero attached hydrogens (tertiary/aromatic N) is 1. The van der Waals surface area contributed by atoms with Crippen LogP contribution >= 0.6 is 11.6 Å². The Morgan fingerprint density at radius 2 is 2.50 bits per heavy atom. The van der Waals surface area contributed by atoms with Gasteiger partial charge in [0.2, 0.25) is 0 Å². The van der Waals surface area contributed by atoms with Crippen LogP contribution in [0.1, 0.15) is 11.6 Å². The zero-order chi connectivity index (χ0) is 9.97. The van der Waals surface area contributed by atoms with Gasteiger partial charge >= 0.3 is 0 Å². The summed E-state index contributed by atoms with van der Waals surface area (Å²) in [6.45, 7) is 1.93. The van der Waals surface area contributed by atoms with Crippen LogP contribution in [0.15, 0.2) is 12.3 Å². The molecule has 1 unspecified atom stereocenters. The van der Waals surface area contributed by atoms with E-state index in [-0.39, 0.29) is 11.9 Å². The molecule has 0 radical (unpaired) electrons. The van der Waals surface area contributed by atoms with E-state index < -0.39 is 0 Å². The zero-order valence-corrected chi connectivity index (χ0v) is 8.22. The van der Waals surface area contributed by atoms with Crippen LogP contribution in [0.25, 0.3) is 0 Å². The first kappa shape index (κ1) is 9.83. The normalized spacial score (nSPS) is 22.3. The molecule has 1 aromatic rings. The SMILES string of the molecule is Fc1cnc(Cl)c(C2COCCN2)c1. The molecule has 0 aromatic carbocycles. The predicted octanol–water partition coefficient (Wildman–Crippen LogP) is 1.53. The fourth-order valence-electron chi connectivity index (χ4n) is 1.45. The lowest BCUT2D eigenvalue weighted by Gasteiger charge is -2.24. The van der Waals surface area contributed by atoms with Crippen LogP contribution in [0, 0.1) is 5.82 Å². The number of nitrogens with one attached hydrogen (secondary N) is 1. The highest BCUT2D eigenvalue weighted by Gasteiger charge is 2.18. The number of rotatable bonds is 1. The van der Waals surface area contributed by atoms with Crippen molar-refractivity contribution in [1.82, 2.24) is 10.3 Å². The molecule has 76 valence electrons. The summed E-state index contributed by atoms with van der Waals surface area (Å²) >= 11 is 5.86. The summed E-state index contributed by atoms with van der Waals surface area (Å²) in [6, 6.07) is 1.33. The molecule has 1 saturated heterocycles. The lowest BCUT2D eigenvalue weighted by molar-refractivity contribution is 0.0767. The van der Waals surface area contributed by atoms with Crippen molar-refractivity contribution < 1.29 is 9.13 Å². The summed E-state index contributed by atoms with van der Waals surface area (Å²) in [7, 11) is 0. The minimum absolute atomic E-state index is 0.0561. The van der Waals surface area contributed by atoms with Gasteiger partial charge in [0.25, 0.3) is 0 Å². The van der Waals surface area contributed by atoms with E-state index in [0.717, 1.165) is 12.7 Å². The van der Waals surface area contributed by atoms with Gasteiger partial charge in [-0.15, -0.1) is 0 Å². The van der Waals surface area contributed by atoms with Crippen LogP contribution in [0.4, 0.5) is 4.39 Å². The molecule has 2 rings (SSSR count). The lowest BCUT2D eigenvalue weighted by Crippen LogP contribution is -2.34. The fraction of sp³-hybridized carbons (Fsp3) is 0.444. The first-order valence-electron chi connectivity index (χ1n) is 4.39. The van der Waals surface area contributed by atoms with Gasteiger partial charge in [-0.2, -0.15) is 0 Å². The van der Waals surface area contributed by atoms with E-state index >= 15 is 0 Å². The maximum absolute atomic E-state index is 12.9. The van der Waals surface area contributed by atoms with Crippen molar-refractivity contribution in [3.63, 3.8) is 0 Å². The van der Waals surface area contributed by atoms with E-state index in [1.54, 1.807) is 0 Å². The first-order valence-corrected chi connectivity index (χ1v) is 4.77. The van der Waals surface area contributed by atoms with Crippen LogP contribution in [0.3, 0.4) is 0 Å². The van der Waals surface area contributed by atoms with Crippen molar-refractivity contribution in [2.24, 2.45) is 0 Å². The third-order valence-corrected chi connectivity index (χ3v) is 2.45. The van der Waals surface area contributed by atoms with Crippen LogP contribution < -0.4 is 5.32 Å². The van der Waals surface area contributed by atoms with Crippen molar-refractivity contribution in [1.29, 1.82) is 0 Å². The number of hydrogen-bond acceptors (Lipinski definition) is 3. The van der Waals surface area contributed by atoms with Gasteiger partial charge in [0.15, 0.2) is 0 Å². The molecule has 5 heteroatoms. The number of hydrogen-bond donors (Lipinski definition) is 1. The molecule has 0 amide bonds. The van der Waals surface area contributed by atoms with Crippen molar-refractivity contribution in [3.8, 4) is 0 Å². The Hall–Kier alpha value is -0.710. The number of pyridine rings is 1. The third-order valence-electron chi connectivity index (χ3n) is 2.13. The molecule has 1 N–H and O–H groups in total. The van der Waals surface area contributed by atoms with E-state index in [1.807, 2.05) is 0 Å². The molecule has 14 heavy (non-hydrogen) atoms. The molecule has 1 fully saturated rings. The molecular weight excluding hydrogens is 207 g/mol. The van der Waals surface area contributed by atoms with Gasteiger partial charge in [-0.1, -0.05) is 11.6 Å². The maximum Gasteiger partial charge on any atom is 0.141 e. The number of halogens is 2. The van der Waals surface area contributed by atoms with Crippen molar-refractivity contribution in [2.45, 2.75) is 6.04 Å². The maximum atomic E-state index is 12.9. The third kappa shape index (κ3) is 2.03. The van der Waals surface area contributed by atoms with Crippen LogP contribution in [0.5, 0.6) is 0 Å². The van der Waals surface area contributed by atoms with E-state index in [9.17, 15) is 4.39 Å². The minimum Gasteiger partial charge on any atom is -0.378 e. The minimum atomic E-state index is -0.378. The quantitative estimate of drug-likeness (QED) is 0.723. The topological polar surface area (TPSA) is 34.1 Å². The summed E-state index contributed by atoms with van der Waals surface area (Å²) in [5, 5.41) is 3.52.